The molecule has 0 atom stereocenters. The van der Waals surface area contributed by atoms with E-state index in [1.165, 1.54) is 23.9 Å². The largest absolute Gasteiger partial charge is 0.478 e. The predicted octanol–water partition coefficient (Wildman–Crippen LogP) is 3.18. The highest BCUT2D eigenvalue weighted by molar-refractivity contribution is 8.18. The number of aryl methyl sites for hydroxylation is 1. The second-order valence-corrected chi connectivity index (χ2v) is 5.82. The number of thioether (sulfide) groups is 1. The van der Waals surface area contributed by atoms with E-state index in [2.05, 4.69) is 10.3 Å². The van der Waals surface area contributed by atoms with Crippen LogP contribution >= 0.6 is 11.8 Å². The average molecular weight is 328 g/mol. The van der Waals surface area contributed by atoms with Crippen molar-refractivity contribution >= 4 is 40.6 Å². The van der Waals surface area contributed by atoms with Crippen molar-refractivity contribution in [2.24, 2.45) is 4.99 Å². The minimum Gasteiger partial charge on any atom is -0.478 e. The van der Waals surface area contributed by atoms with Crippen molar-refractivity contribution in [3.05, 3.63) is 58.4 Å². The maximum absolute atomic E-state index is 11.9. The van der Waals surface area contributed by atoms with Crippen LogP contribution in [0.1, 0.15) is 21.9 Å². The number of nitrogens with one attached hydrogen (secondary N) is 1. The van der Waals surface area contributed by atoms with Gasteiger partial charge in [0.1, 0.15) is 11.5 Å². The summed E-state index contributed by atoms with van der Waals surface area (Å²) >= 11 is 1.17. The van der Waals surface area contributed by atoms with Gasteiger partial charge in [-0.15, -0.1) is 0 Å². The lowest BCUT2D eigenvalue weighted by atomic mass is 10.2. The van der Waals surface area contributed by atoms with Crippen LogP contribution in [0.15, 0.2) is 50.7 Å². The van der Waals surface area contributed by atoms with E-state index in [9.17, 15) is 9.59 Å². The Balaban J connectivity index is 1.83. The van der Waals surface area contributed by atoms with Gasteiger partial charge in [0, 0.05) is 6.08 Å². The van der Waals surface area contributed by atoms with Crippen LogP contribution in [0, 0.1) is 6.92 Å². The summed E-state index contributed by atoms with van der Waals surface area (Å²) in [7, 11) is 0. The molecule has 0 unspecified atom stereocenters. The molecular weight excluding hydrogens is 316 g/mol. The van der Waals surface area contributed by atoms with Crippen LogP contribution in [0.3, 0.4) is 0 Å². The van der Waals surface area contributed by atoms with Gasteiger partial charge in [0.25, 0.3) is 5.91 Å². The maximum Gasteiger partial charge on any atom is 0.335 e. The van der Waals surface area contributed by atoms with Crippen LogP contribution in [0.4, 0.5) is 5.69 Å². The van der Waals surface area contributed by atoms with Gasteiger partial charge in [-0.2, -0.15) is 0 Å². The molecule has 1 fully saturated rings. The molecule has 23 heavy (non-hydrogen) atoms. The van der Waals surface area contributed by atoms with E-state index in [1.54, 1.807) is 24.3 Å². The molecule has 1 aliphatic rings. The zero-order valence-electron chi connectivity index (χ0n) is 12.1. The van der Waals surface area contributed by atoms with Crippen LogP contribution in [0.2, 0.25) is 0 Å². The molecule has 0 saturated carbocycles. The Morgan fingerprint density at radius 2 is 2.17 bits per heavy atom. The maximum atomic E-state index is 11.9. The molecular formula is C16H12N2O4S. The first-order chi connectivity index (χ1) is 11.0. The molecule has 0 bridgehead atoms. The van der Waals surface area contributed by atoms with Gasteiger partial charge in [0.05, 0.1) is 16.2 Å². The average Bonchev–Trinajstić information content (AvgIpc) is 3.06. The third-order valence-electron chi connectivity index (χ3n) is 3.01. The summed E-state index contributed by atoms with van der Waals surface area (Å²) in [5.41, 5.74) is 0.603. The molecule has 0 spiro atoms. The zero-order valence-corrected chi connectivity index (χ0v) is 12.9. The number of carbonyl (C=O) groups excluding carboxylic acids is 1. The standard InChI is InChI=1S/C16H12N2O4S/c1-9-5-6-12(22-9)8-13-14(19)18-16(23-13)17-11-4-2-3-10(7-11)15(20)21/h2-8H,1H3,(H,20,21)(H,17,18,19)/b13-8-. The number of benzene rings is 1. The van der Waals surface area contributed by atoms with Crippen molar-refractivity contribution in [1.29, 1.82) is 0 Å². The molecule has 1 amide bonds. The molecule has 116 valence electrons. The number of carboxylic acid groups (broad SMARTS) is 1. The van der Waals surface area contributed by atoms with E-state index in [-0.39, 0.29) is 11.5 Å². The normalized spacial score (nSPS) is 17.7. The molecule has 2 N–H and O–H groups in total. The fourth-order valence-corrected chi connectivity index (χ4v) is 2.79. The quantitative estimate of drug-likeness (QED) is 0.844. The van der Waals surface area contributed by atoms with Gasteiger partial charge in [-0.05, 0) is 49.0 Å². The number of furan rings is 1. The molecule has 2 aromatic rings. The molecule has 3 rings (SSSR count). The first kappa shape index (κ1) is 15.1. The van der Waals surface area contributed by atoms with Crippen molar-refractivity contribution in [2.75, 3.05) is 0 Å². The van der Waals surface area contributed by atoms with Gasteiger partial charge >= 0.3 is 5.97 Å². The van der Waals surface area contributed by atoms with Gasteiger partial charge in [-0.3, -0.25) is 4.79 Å². The van der Waals surface area contributed by atoms with Crippen LogP contribution in [0.5, 0.6) is 0 Å². The predicted molar refractivity (Wildman–Crippen MR) is 87.7 cm³/mol. The van der Waals surface area contributed by atoms with Gasteiger partial charge in [0.2, 0.25) is 0 Å². The van der Waals surface area contributed by atoms with Gasteiger partial charge < -0.3 is 14.8 Å². The monoisotopic (exact) mass is 328 g/mol. The van der Waals surface area contributed by atoms with Crippen molar-refractivity contribution < 1.29 is 19.1 Å². The molecule has 7 heteroatoms. The van der Waals surface area contributed by atoms with Gasteiger partial charge in [0.15, 0.2) is 5.17 Å². The van der Waals surface area contributed by atoms with Crippen LogP contribution in [-0.4, -0.2) is 22.2 Å². The third kappa shape index (κ3) is 3.51. The second-order valence-electron chi connectivity index (χ2n) is 4.79. The number of rotatable bonds is 3. The molecule has 6 nitrogen and oxygen atoms in total. The topological polar surface area (TPSA) is 91.9 Å². The summed E-state index contributed by atoms with van der Waals surface area (Å²) in [5.74, 6) is 0.0648. The van der Waals surface area contributed by atoms with E-state index in [0.717, 1.165) is 5.76 Å². The summed E-state index contributed by atoms with van der Waals surface area (Å²) in [6.45, 7) is 1.83. The highest BCUT2D eigenvalue weighted by Crippen LogP contribution is 2.28. The molecule has 1 aromatic heterocycles. The van der Waals surface area contributed by atoms with Crippen molar-refractivity contribution in [3.8, 4) is 0 Å². The van der Waals surface area contributed by atoms with E-state index in [0.29, 0.717) is 21.5 Å². The van der Waals surface area contributed by atoms with Gasteiger partial charge in [-0.1, -0.05) is 6.07 Å². The Hall–Kier alpha value is -2.80. The minimum absolute atomic E-state index is 0.142. The Kier molecular flexibility index (Phi) is 4.03. The molecule has 2 heterocycles. The summed E-state index contributed by atoms with van der Waals surface area (Å²) in [4.78, 5) is 27.6. The number of aliphatic imine (C=N–C) groups is 1. The van der Waals surface area contributed by atoms with E-state index in [4.69, 9.17) is 9.52 Å². The molecule has 0 radical (unpaired) electrons. The van der Waals surface area contributed by atoms with Crippen LogP contribution in [0.25, 0.3) is 6.08 Å². The molecule has 1 saturated heterocycles. The minimum atomic E-state index is -1.02. The molecule has 1 aliphatic heterocycles. The van der Waals surface area contributed by atoms with Crippen molar-refractivity contribution in [3.63, 3.8) is 0 Å². The van der Waals surface area contributed by atoms with Crippen LogP contribution < -0.4 is 5.32 Å². The van der Waals surface area contributed by atoms with E-state index < -0.39 is 5.97 Å². The number of amides is 1. The van der Waals surface area contributed by atoms with Crippen molar-refractivity contribution in [1.82, 2.24) is 5.32 Å². The lowest BCUT2D eigenvalue weighted by Crippen LogP contribution is -2.19. The number of hydrogen-bond donors (Lipinski definition) is 2. The highest BCUT2D eigenvalue weighted by Gasteiger charge is 2.24. The number of nitrogens with zero attached hydrogens (tertiary/aromatic N) is 1. The number of aromatic carboxylic acids is 1. The Morgan fingerprint density at radius 3 is 2.87 bits per heavy atom. The number of carboxylic acids is 1. The number of carbonyl (C=O) groups is 2. The first-order valence-electron chi connectivity index (χ1n) is 6.70. The number of hydrogen-bond acceptors (Lipinski definition) is 5. The lowest BCUT2D eigenvalue weighted by molar-refractivity contribution is -0.115. The van der Waals surface area contributed by atoms with E-state index in [1.807, 2.05) is 13.0 Å². The lowest BCUT2D eigenvalue weighted by Gasteiger charge is -1.98. The third-order valence-corrected chi connectivity index (χ3v) is 3.92. The Bertz CT molecular complexity index is 851. The highest BCUT2D eigenvalue weighted by atomic mass is 32.2. The Morgan fingerprint density at radius 1 is 1.35 bits per heavy atom. The summed E-state index contributed by atoms with van der Waals surface area (Å²) in [5, 5.41) is 12.0. The first-order valence-corrected chi connectivity index (χ1v) is 7.52. The molecule has 0 aliphatic carbocycles. The Labute approximate surface area is 135 Å². The van der Waals surface area contributed by atoms with Gasteiger partial charge in [-0.25, -0.2) is 9.79 Å². The number of amidine groups is 1. The SMILES string of the molecule is Cc1ccc(/C=C2\SC(=Nc3cccc(C(=O)O)c3)NC2=O)o1. The second kappa shape index (κ2) is 6.13. The smallest absolute Gasteiger partial charge is 0.335 e. The fourth-order valence-electron chi connectivity index (χ4n) is 1.97. The zero-order chi connectivity index (χ0) is 16.4. The van der Waals surface area contributed by atoms with Crippen LogP contribution in [-0.2, 0) is 4.79 Å². The summed E-state index contributed by atoms with van der Waals surface area (Å²) in [6.07, 6.45) is 1.64. The molecule has 1 aromatic carbocycles. The summed E-state index contributed by atoms with van der Waals surface area (Å²) in [6, 6.07) is 9.80. The summed E-state index contributed by atoms with van der Waals surface area (Å²) < 4.78 is 5.41. The van der Waals surface area contributed by atoms with E-state index >= 15 is 0 Å². The fraction of sp³-hybridized carbons (Fsp3) is 0.0625. The van der Waals surface area contributed by atoms with Crippen molar-refractivity contribution in [2.45, 2.75) is 6.92 Å².